The van der Waals surface area contributed by atoms with E-state index in [1.54, 1.807) is 30.2 Å². The van der Waals surface area contributed by atoms with Crippen LogP contribution in [0, 0.1) is 17.6 Å². The summed E-state index contributed by atoms with van der Waals surface area (Å²) in [6.45, 7) is 5.65. The summed E-state index contributed by atoms with van der Waals surface area (Å²) >= 11 is 0. The molecule has 1 saturated heterocycles. The lowest BCUT2D eigenvalue weighted by molar-refractivity contribution is 0.0587. The first-order chi connectivity index (χ1) is 14.4. The zero-order valence-corrected chi connectivity index (χ0v) is 17.5. The Balaban J connectivity index is 1.59. The van der Waals surface area contributed by atoms with E-state index in [9.17, 15) is 13.6 Å². The number of rotatable bonds is 7. The maximum atomic E-state index is 13.8. The summed E-state index contributed by atoms with van der Waals surface area (Å²) in [6.07, 6.45) is 0.903. The highest BCUT2D eigenvalue weighted by Crippen LogP contribution is 2.30. The van der Waals surface area contributed by atoms with Gasteiger partial charge in [-0.1, -0.05) is 13.8 Å². The average Bonchev–Trinajstić information content (AvgIpc) is 2.74. The molecule has 1 fully saturated rings. The minimum absolute atomic E-state index is 0.0305. The van der Waals surface area contributed by atoms with Crippen LogP contribution in [0.25, 0.3) is 0 Å². The zero-order valence-electron chi connectivity index (χ0n) is 17.5. The monoisotopic (exact) mass is 419 g/mol. The molecule has 0 spiro atoms. The van der Waals surface area contributed by atoms with E-state index < -0.39 is 11.6 Å². The maximum Gasteiger partial charge on any atom is 0.253 e. The van der Waals surface area contributed by atoms with Crippen molar-refractivity contribution in [1.29, 1.82) is 0 Å². The molecule has 5 nitrogen and oxygen atoms in total. The number of carbonyl (C=O) groups is 1. The summed E-state index contributed by atoms with van der Waals surface area (Å²) in [7, 11) is 1.54. The first-order valence-electron chi connectivity index (χ1n) is 10.1. The fourth-order valence-electron chi connectivity index (χ4n) is 3.29. The third-order valence-electron chi connectivity index (χ3n) is 4.90. The molecule has 0 unspecified atom stereocenters. The van der Waals surface area contributed by atoms with E-state index in [0.29, 0.717) is 55.5 Å². The van der Waals surface area contributed by atoms with Crippen LogP contribution in [0.5, 0.6) is 17.2 Å². The van der Waals surface area contributed by atoms with Crippen molar-refractivity contribution in [2.45, 2.75) is 32.8 Å². The quantitative estimate of drug-likeness (QED) is 0.653. The lowest BCUT2D eigenvalue weighted by Crippen LogP contribution is -2.41. The van der Waals surface area contributed by atoms with Crippen LogP contribution in [-0.4, -0.2) is 43.7 Å². The fourth-order valence-corrected chi connectivity index (χ4v) is 3.29. The van der Waals surface area contributed by atoms with E-state index in [4.69, 9.17) is 14.2 Å². The van der Waals surface area contributed by atoms with Gasteiger partial charge in [-0.15, -0.1) is 0 Å². The number of amides is 1. The van der Waals surface area contributed by atoms with Gasteiger partial charge in [0.2, 0.25) is 0 Å². The van der Waals surface area contributed by atoms with Crippen LogP contribution in [-0.2, 0) is 0 Å². The minimum Gasteiger partial charge on any atom is -0.493 e. The number of hydrogen-bond donors (Lipinski definition) is 0. The Labute approximate surface area is 175 Å². The molecule has 0 saturated carbocycles. The highest BCUT2D eigenvalue weighted by atomic mass is 19.1. The SMILES string of the molecule is COc1cc(C(=O)N2CCC(Oc3ccc(F)cc3F)CC2)ccc1OCC(C)C. The molecule has 162 valence electrons. The molecule has 0 N–H and O–H groups in total. The molecule has 30 heavy (non-hydrogen) atoms. The predicted octanol–water partition coefficient (Wildman–Crippen LogP) is 4.69. The highest BCUT2D eigenvalue weighted by molar-refractivity contribution is 5.95. The second-order valence-corrected chi connectivity index (χ2v) is 7.75. The minimum atomic E-state index is -0.722. The summed E-state index contributed by atoms with van der Waals surface area (Å²) in [5.41, 5.74) is 0.521. The largest absolute Gasteiger partial charge is 0.493 e. The normalized spacial score (nSPS) is 14.7. The van der Waals surface area contributed by atoms with Gasteiger partial charge in [-0.25, -0.2) is 8.78 Å². The molecule has 1 heterocycles. The smallest absolute Gasteiger partial charge is 0.253 e. The molecule has 0 radical (unpaired) electrons. The van der Waals surface area contributed by atoms with Crippen LogP contribution in [0.2, 0.25) is 0 Å². The van der Waals surface area contributed by atoms with Crippen LogP contribution < -0.4 is 14.2 Å². The summed E-state index contributed by atoms with van der Waals surface area (Å²) in [5.74, 6) is 0.0697. The highest BCUT2D eigenvalue weighted by Gasteiger charge is 2.26. The topological polar surface area (TPSA) is 48.0 Å². The Morgan fingerprint density at radius 2 is 1.77 bits per heavy atom. The predicted molar refractivity (Wildman–Crippen MR) is 109 cm³/mol. The molecule has 2 aromatic rings. The van der Waals surface area contributed by atoms with Gasteiger partial charge >= 0.3 is 0 Å². The standard InChI is InChI=1S/C23H27F2NO4/c1-15(2)14-29-21-6-4-16(12-22(21)28-3)23(27)26-10-8-18(9-11-26)30-20-7-5-17(24)13-19(20)25/h4-7,12-13,15,18H,8-11,14H2,1-3H3. The van der Waals surface area contributed by atoms with Crippen molar-refractivity contribution in [3.8, 4) is 17.2 Å². The van der Waals surface area contributed by atoms with Crippen LogP contribution in [0.15, 0.2) is 36.4 Å². The van der Waals surface area contributed by atoms with Gasteiger partial charge in [0.1, 0.15) is 11.9 Å². The number of carbonyl (C=O) groups excluding carboxylic acids is 1. The Morgan fingerprint density at radius 3 is 2.40 bits per heavy atom. The number of likely N-dealkylation sites (tertiary alicyclic amines) is 1. The first kappa shape index (κ1) is 21.9. The van der Waals surface area contributed by atoms with E-state index in [-0.39, 0.29) is 17.8 Å². The van der Waals surface area contributed by atoms with Gasteiger partial charge in [-0.05, 0) is 36.2 Å². The average molecular weight is 419 g/mol. The van der Waals surface area contributed by atoms with E-state index in [2.05, 4.69) is 13.8 Å². The van der Waals surface area contributed by atoms with Gasteiger partial charge in [-0.3, -0.25) is 4.79 Å². The van der Waals surface area contributed by atoms with E-state index in [1.165, 1.54) is 12.1 Å². The summed E-state index contributed by atoms with van der Waals surface area (Å²) in [6, 6.07) is 8.43. The molecule has 1 amide bonds. The van der Waals surface area contributed by atoms with Crippen LogP contribution in [0.4, 0.5) is 8.78 Å². The van der Waals surface area contributed by atoms with E-state index in [0.717, 1.165) is 6.07 Å². The van der Waals surface area contributed by atoms with Gasteiger partial charge in [0, 0.05) is 37.6 Å². The van der Waals surface area contributed by atoms with E-state index >= 15 is 0 Å². The second kappa shape index (κ2) is 9.78. The van der Waals surface area contributed by atoms with Gasteiger partial charge < -0.3 is 19.1 Å². The van der Waals surface area contributed by atoms with Crippen molar-refractivity contribution in [3.63, 3.8) is 0 Å². The Hall–Kier alpha value is -2.83. The lowest BCUT2D eigenvalue weighted by Gasteiger charge is -2.32. The number of ether oxygens (including phenoxy) is 3. The van der Waals surface area contributed by atoms with Crippen molar-refractivity contribution in [2.24, 2.45) is 5.92 Å². The number of benzene rings is 2. The summed E-state index contributed by atoms with van der Waals surface area (Å²) in [5, 5.41) is 0. The Morgan fingerprint density at radius 1 is 1.07 bits per heavy atom. The Kier molecular flexibility index (Phi) is 7.13. The summed E-state index contributed by atoms with van der Waals surface area (Å²) < 4.78 is 43.6. The molecule has 2 aromatic carbocycles. The van der Waals surface area contributed by atoms with Gasteiger partial charge in [0.25, 0.3) is 5.91 Å². The number of methoxy groups -OCH3 is 1. The third kappa shape index (κ3) is 5.40. The van der Waals surface area contributed by atoms with Crippen molar-refractivity contribution < 1.29 is 27.8 Å². The number of hydrogen-bond acceptors (Lipinski definition) is 4. The number of piperidine rings is 1. The third-order valence-corrected chi connectivity index (χ3v) is 4.90. The molecule has 1 aliphatic rings. The first-order valence-corrected chi connectivity index (χ1v) is 10.1. The number of halogens is 2. The van der Waals surface area contributed by atoms with Gasteiger partial charge in [0.15, 0.2) is 23.1 Å². The maximum absolute atomic E-state index is 13.8. The molecular weight excluding hydrogens is 392 g/mol. The van der Waals surface area contributed by atoms with Gasteiger partial charge in [0.05, 0.1) is 13.7 Å². The van der Waals surface area contributed by atoms with Crippen molar-refractivity contribution >= 4 is 5.91 Å². The molecule has 0 atom stereocenters. The number of nitrogens with zero attached hydrogens (tertiary/aromatic N) is 1. The van der Waals surface area contributed by atoms with Crippen molar-refractivity contribution in [3.05, 3.63) is 53.6 Å². The van der Waals surface area contributed by atoms with Gasteiger partial charge in [-0.2, -0.15) is 0 Å². The molecule has 0 bridgehead atoms. The molecule has 3 rings (SSSR count). The summed E-state index contributed by atoms with van der Waals surface area (Å²) in [4.78, 5) is 14.6. The fraction of sp³-hybridized carbons (Fsp3) is 0.435. The second-order valence-electron chi connectivity index (χ2n) is 7.75. The van der Waals surface area contributed by atoms with Crippen molar-refractivity contribution in [2.75, 3.05) is 26.8 Å². The Bertz CT molecular complexity index is 880. The molecule has 0 aromatic heterocycles. The van der Waals surface area contributed by atoms with Crippen LogP contribution >= 0.6 is 0 Å². The van der Waals surface area contributed by atoms with Crippen LogP contribution in [0.1, 0.15) is 37.0 Å². The van der Waals surface area contributed by atoms with Crippen molar-refractivity contribution in [1.82, 2.24) is 4.90 Å². The molecule has 1 aliphatic heterocycles. The lowest BCUT2D eigenvalue weighted by atomic mass is 10.1. The molecule has 7 heteroatoms. The zero-order chi connectivity index (χ0) is 21.7. The van der Waals surface area contributed by atoms with E-state index in [1.807, 2.05) is 0 Å². The molecular formula is C23H27F2NO4. The van der Waals surface area contributed by atoms with Crippen LogP contribution in [0.3, 0.4) is 0 Å². The molecule has 0 aliphatic carbocycles.